The molecule has 2 amide bonds. The van der Waals surface area contributed by atoms with Crippen molar-refractivity contribution in [2.24, 2.45) is 0 Å². The molecule has 0 radical (unpaired) electrons. The molecule has 0 aromatic heterocycles. The first-order chi connectivity index (χ1) is 17.9. The zero-order valence-corrected chi connectivity index (χ0v) is 21.1. The number of nitrogens with one attached hydrogen (secondary N) is 1. The summed E-state index contributed by atoms with van der Waals surface area (Å²) in [7, 11) is 0. The number of hydrogen-bond donors (Lipinski definition) is 2. The van der Waals surface area contributed by atoms with Crippen molar-refractivity contribution in [3.8, 4) is 6.07 Å². The number of nitrogens with zero attached hydrogens (tertiary/aromatic N) is 3. The number of nitriles is 1. The summed E-state index contributed by atoms with van der Waals surface area (Å²) >= 11 is 0. The zero-order valence-electron chi connectivity index (χ0n) is 21.1. The minimum Gasteiger partial charge on any atom is -0.389 e. The minimum atomic E-state index is -4.62. The van der Waals surface area contributed by atoms with E-state index in [4.69, 9.17) is 0 Å². The van der Waals surface area contributed by atoms with E-state index < -0.39 is 29.4 Å². The van der Waals surface area contributed by atoms with Gasteiger partial charge >= 0.3 is 12.2 Å². The highest BCUT2D eigenvalue weighted by Crippen LogP contribution is 2.46. The number of Topliss-reactive ketones (excluding diaryl/α,β-unsaturated/α-hetero) is 1. The molecule has 10 heteroatoms. The van der Waals surface area contributed by atoms with Gasteiger partial charge in [-0.3, -0.25) is 14.6 Å². The Bertz CT molecular complexity index is 1370. The third-order valence-electron chi connectivity index (χ3n) is 6.42. The van der Waals surface area contributed by atoms with Gasteiger partial charge in [-0.2, -0.15) is 18.4 Å². The lowest BCUT2D eigenvalue weighted by Gasteiger charge is -2.43. The predicted octanol–water partition coefficient (Wildman–Crippen LogP) is 5.40. The number of ketones is 1. The summed E-state index contributed by atoms with van der Waals surface area (Å²) < 4.78 is 40.6. The molecule has 7 nitrogen and oxygen atoms in total. The Labute approximate surface area is 218 Å². The molecule has 0 saturated carbocycles. The van der Waals surface area contributed by atoms with E-state index in [1.165, 1.54) is 21.9 Å². The normalized spacial score (nSPS) is 18.6. The number of urea groups is 1. The summed E-state index contributed by atoms with van der Waals surface area (Å²) in [4.78, 5) is 30.0. The standard InChI is InChI=1S/C28H27F3N4O3/c1-4-23(33-16-27(2,3)38)35-25(18-10-8-17(15-32)9-11-18)24-21(12-13-22(24)36)34(26(35)37)20-7-5-6-19(14-20)28(29,30)31/h4-11,14,25,33,38H,12-13,16H2,1-3H3/t25-/m1/s1. The van der Waals surface area contributed by atoms with Gasteiger partial charge in [0.1, 0.15) is 5.82 Å². The van der Waals surface area contributed by atoms with Crippen LogP contribution in [0.5, 0.6) is 0 Å². The Balaban J connectivity index is 1.93. The number of hydrogen-bond acceptors (Lipinski definition) is 5. The highest BCUT2D eigenvalue weighted by molar-refractivity contribution is 6.08. The first-order valence-electron chi connectivity index (χ1n) is 12.0. The maximum atomic E-state index is 14.2. The van der Waals surface area contributed by atoms with Crippen LogP contribution in [0.1, 0.15) is 56.3 Å². The van der Waals surface area contributed by atoms with Crippen LogP contribution in [-0.4, -0.2) is 34.0 Å². The Morgan fingerprint density at radius 3 is 2.42 bits per heavy atom. The second kappa shape index (κ2) is 9.99. The lowest BCUT2D eigenvalue weighted by molar-refractivity contribution is -0.137. The smallest absolute Gasteiger partial charge is 0.389 e. The van der Waals surface area contributed by atoms with E-state index in [1.807, 2.05) is 6.07 Å². The molecule has 1 aliphatic carbocycles. The quantitative estimate of drug-likeness (QED) is 0.528. The third-order valence-corrected chi connectivity index (χ3v) is 6.42. The molecule has 1 aliphatic heterocycles. The van der Waals surface area contributed by atoms with Gasteiger partial charge in [0.2, 0.25) is 0 Å². The first kappa shape index (κ1) is 26.9. The van der Waals surface area contributed by atoms with Gasteiger partial charge in [0.25, 0.3) is 0 Å². The fraction of sp³-hybridized carbons (Fsp3) is 0.321. The molecule has 2 aliphatic rings. The molecule has 198 valence electrons. The van der Waals surface area contributed by atoms with E-state index in [1.54, 1.807) is 51.1 Å². The number of carbonyl (C=O) groups excluding carboxylic acids is 2. The molecule has 0 spiro atoms. The Hall–Kier alpha value is -4.10. The average molecular weight is 525 g/mol. The van der Waals surface area contributed by atoms with E-state index >= 15 is 0 Å². The molecular formula is C28H27F3N4O3. The topological polar surface area (TPSA) is 96.7 Å². The van der Waals surface area contributed by atoms with E-state index in [0.29, 0.717) is 22.4 Å². The van der Waals surface area contributed by atoms with Gasteiger partial charge in [0, 0.05) is 24.2 Å². The summed E-state index contributed by atoms with van der Waals surface area (Å²) in [6.45, 7) is 4.89. The van der Waals surface area contributed by atoms with Crippen molar-refractivity contribution < 1.29 is 27.9 Å². The van der Waals surface area contributed by atoms with Crippen molar-refractivity contribution in [2.75, 3.05) is 11.4 Å². The minimum absolute atomic E-state index is 0.00626. The van der Waals surface area contributed by atoms with Crippen LogP contribution in [0.2, 0.25) is 0 Å². The molecule has 0 fully saturated rings. The van der Waals surface area contributed by atoms with Gasteiger partial charge in [-0.25, -0.2) is 4.79 Å². The largest absolute Gasteiger partial charge is 0.416 e. The van der Waals surface area contributed by atoms with Gasteiger partial charge in [0.15, 0.2) is 5.78 Å². The molecule has 2 N–H and O–H groups in total. The van der Waals surface area contributed by atoms with Gasteiger partial charge in [-0.1, -0.05) is 18.2 Å². The number of benzene rings is 2. The molecular weight excluding hydrogens is 497 g/mol. The second-order valence-corrected chi connectivity index (χ2v) is 9.80. The summed E-state index contributed by atoms with van der Waals surface area (Å²) in [5, 5.41) is 22.6. The summed E-state index contributed by atoms with van der Waals surface area (Å²) in [5.74, 6) is 0.0523. The fourth-order valence-corrected chi connectivity index (χ4v) is 4.69. The van der Waals surface area contributed by atoms with E-state index in [-0.39, 0.29) is 36.7 Å². The van der Waals surface area contributed by atoms with Crippen LogP contribution in [0.15, 0.2) is 71.7 Å². The van der Waals surface area contributed by atoms with Crippen molar-refractivity contribution in [2.45, 2.75) is 51.4 Å². The Morgan fingerprint density at radius 2 is 1.84 bits per heavy atom. The van der Waals surface area contributed by atoms with Crippen molar-refractivity contribution in [3.63, 3.8) is 0 Å². The van der Waals surface area contributed by atoms with Crippen molar-refractivity contribution in [3.05, 3.63) is 88.4 Å². The number of allylic oxidation sites excluding steroid dienone is 2. The molecule has 2 aromatic carbocycles. The third kappa shape index (κ3) is 5.15. The molecule has 2 aromatic rings. The van der Waals surface area contributed by atoms with Crippen LogP contribution in [-0.2, 0) is 11.0 Å². The molecule has 38 heavy (non-hydrogen) atoms. The highest BCUT2D eigenvalue weighted by Gasteiger charge is 2.47. The van der Waals surface area contributed by atoms with Crippen LogP contribution in [0.4, 0.5) is 23.7 Å². The molecule has 0 bridgehead atoms. The summed E-state index contributed by atoms with van der Waals surface area (Å²) in [5.41, 5.74) is -0.459. The SMILES string of the molecule is CC=C(NCC(C)(C)O)N1C(=O)N(c2cccc(C(F)(F)F)c2)C2=C(C(=O)CC2)[C@H]1c1ccc(C#N)cc1. The molecule has 1 heterocycles. The van der Waals surface area contributed by atoms with Crippen LogP contribution >= 0.6 is 0 Å². The van der Waals surface area contributed by atoms with Gasteiger partial charge in [0.05, 0.1) is 34.5 Å². The second-order valence-electron chi connectivity index (χ2n) is 9.80. The fourth-order valence-electron chi connectivity index (χ4n) is 4.69. The summed E-state index contributed by atoms with van der Waals surface area (Å²) in [6.07, 6.45) is -2.71. The molecule has 0 saturated heterocycles. The Kier molecular flexibility index (Phi) is 7.08. The van der Waals surface area contributed by atoms with Crippen LogP contribution in [0.3, 0.4) is 0 Å². The number of halogens is 3. The lowest BCUT2D eigenvalue weighted by Crippen LogP contribution is -2.52. The van der Waals surface area contributed by atoms with Crippen molar-refractivity contribution >= 4 is 17.5 Å². The van der Waals surface area contributed by atoms with Gasteiger partial charge in [-0.05, 0) is 69.2 Å². The van der Waals surface area contributed by atoms with Gasteiger partial charge in [-0.15, -0.1) is 0 Å². The van der Waals surface area contributed by atoms with Crippen LogP contribution < -0.4 is 10.2 Å². The van der Waals surface area contributed by atoms with E-state index in [0.717, 1.165) is 12.1 Å². The Morgan fingerprint density at radius 1 is 1.16 bits per heavy atom. The maximum absolute atomic E-state index is 14.2. The number of amides is 2. The van der Waals surface area contributed by atoms with E-state index in [9.17, 15) is 33.1 Å². The number of alkyl halides is 3. The molecule has 4 rings (SSSR count). The lowest BCUT2D eigenvalue weighted by atomic mass is 9.92. The number of carbonyl (C=O) groups is 2. The average Bonchev–Trinajstić information content (AvgIpc) is 3.24. The number of rotatable bonds is 6. The van der Waals surface area contributed by atoms with Crippen LogP contribution in [0.25, 0.3) is 0 Å². The molecule has 1 atom stereocenters. The van der Waals surface area contributed by atoms with Crippen molar-refractivity contribution in [1.29, 1.82) is 5.26 Å². The predicted molar refractivity (Wildman–Crippen MR) is 134 cm³/mol. The number of anilines is 1. The van der Waals surface area contributed by atoms with Crippen molar-refractivity contribution in [1.82, 2.24) is 10.2 Å². The molecule has 0 unspecified atom stereocenters. The first-order valence-corrected chi connectivity index (χ1v) is 12.0. The highest BCUT2D eigenvalue weighted by atomic mass is 19.4. The van der Waals surface area contributed by atoms with Crippen LogP contribution in [0, 0.1) is 11.3 Å². The van der Waals surface area contributed by atoms with Gasteiger partial charge < -0.3 is 10.4 Å². The summed E-state index contributed by atoms with van der Waals surface area (Å²) in [6, 6.07) is 11.4. The number of aliphatic hydroxyl groups is 1. The maximum Gasteiger partial charge on any atom is 0.416 e. The zero-order chi connectivity index (χ0) is 27.8. The monoisotopic (exact) mass is 524 g/mol. The van der Waals surface area contributed by atoms with E-state index in [2.05, 4.69) is 5.32 Å².